The van der Waals surface area contributed by atoms with Gasteiger partial charge >= 0.3 is 0 Å². The molecular formula is C12H19BrN2O2S. The standard InChI is InChI=1S/C12H19BrN2O2S/c1-3-8-12(13)9(15(2)14-8)6-10(16)11-7-18-5-4-17-11/h10-11,16H,3-7H2,1-2H3. The zero-order valence-corrected chi connectivity index (χ0v) is 13.1. The number of ether oxygens (including phenoxy) is 1. The van der Waals surface area contributed by atoms with Crippen LogP contribution in [0.25, 0.3) is 0 Å². The molecule has 0 aromatic carbocycles. The molecule has 1 aromatic rings. The first-order valence-corrected chi connectivity index (χ1v) is 8.16. The maximum absolute atomic E-state index is 10.3. The largest absolute Gasteiger partial charge is 0.390 e. The predicted molar refractivity (Wildman–Crippen MR) is 77.1 cm³/mol. The van der Waals surface area contributed by atoms with Crippen molar-refractivity contribution in [1.29, 1.82) is 0 Å². The Morgan fingerprint density at radius 1 is 1.67 bits per heavy atom. The molecule has 0 saturated carbocycles. The molecule has 4 nitrogen and oxygen atoms in total. The quantitative estimate of drug-likeness (QED) is 0.911. The highest BCUT2D eigenvalue weighted by Crippen LogP contribution is 2.25. The molecule has 0 aliphatic carbocycles. The van der Waals surface area contributed by atoms with Gasteiger partial charge < -0.3 is 9.84 Å². The minimum Gasteiger partial charge on any atom is -0.390 e. The van der Waals surface area contributed by atoms with E-state index in [-0.39, 0.29) is 6.10 Å². The number of aryl methyl sites for hydroxylation is 2. The third-order valence-corrected chi connectivity index (χ3v) is 5.11. The van der Waals surface area contributed by atoms with Crippen LogP contribution in [0, 0.1) is 0 Å². The normalized spacial score (nSPS) is 22.1. The maximum atomic E-state index is 10.3. The van der Waals surface area contributed by atoms with Crippen molar-refractivity contribution in [3.63, 3.8) is 0 Å². The lowest BCUT2D eigenvalue weighted by molar-refractivity contribution is -0.0215. The molecule has 0 spiro atoms. The third-order valence-electron chi connectivity index (χ3n) is 3.18. The Hall–Kier alpha value is -0.0400. The van der Waals surface area contributed by atoms with E-state index in [1.165, 1.54) is 0 Å². The van der Waals surface area contributed by atoms with Gasteiger partial charge in [0.1, 0.15) is 0 Å². The van der Waals surface area contributed by atoms with Crippen molar-refractivity contribution in [2.24, 2.45) is 7.05 Å². The monoisotopic (exact) mass is 334 g/mol. The van der Waals surface area contributed by atoms with Crippen LogP contribution in [0.3, 0.4) is 0 Å². The van der Waals surface area contributed by atoms with Crippen molar-refractivity contribution in [3.8, 4) is 0 Å². The van der Waals surface area contributed by atoms with Crippen LogP contribution in [0.15, 0.2) is 4.47 Å². The molecule has 1 saturated heterocycles. The molecule has 2 unspecified atom stereocenters. The molecule has 2 atom stereocenters. The van der Waals surface area contributed by atoms with E-state index in [1.807, 2.05) is 23.5 Å². The number of thioether (sulfide) groups is 1. The fraction of sp³-hybridized carbons (Fsp3) is 0.750. The van der Waals surface area contributed by atoms with Crippen LogP contribution in [0.1, 0.15) is 18.3 Å². The molecule has 1 aliphatic heterocycles. The topological polar surface area (TPSA) is 47.3 Å². The van der Waals surface area contributed by atoms with Crippen molar-refractivity contribution >= 4 is 27.7 Å². The van der Waals surface area contributed by atoms with Gasteiger partial charge in [-0.15, -0.1) is 0 Å². The Kier molecular flexibility index (Phi) is 5.12. The molecule has 0 bridgehead atoms. The molecule has 102 valence electrons. The average Bonchev–Trinajstić information content (AvgIpc) is 2.67. The summed E-state index contributed by atoms with van der Waals surface area (Å²) in [6.45, 7) is 2.81. The van der Waals surface area contributed by atoms with Gasteiger partial charge in [-0.2, -0.15) is 16.9 Å². The molecule has 2 heterocycles. The fourth-order valence-electron chi connectivity index (χ4n) is 2.10. The summed E-state index contributed by atoms with van der Waals surface area (Å²) in [5.74, 6) is 1.90. The highest BCUT2D eigenvalue weighted by molar-refractivity contribution is 9.10. The number of aliphatic hydroxyl groups is 1. The first kappa shape index (κ1) is 14.4. The van der Waals surface area contributed by atoms with Gasteiger partial charge in [0.15, 0.2) is 0 Å². The Labute approximate surface area is 120 Å². The van der Waals surface area contributed by atoms with Crippen LogP contribution >= 0.6 is 27.7 Å². The molecule has 6 heteroatoms. The highest BCUT2D eigenvalue weighted by Gasteiger charge is 2.25. The SMILES string of the molecule is CCc1nn(C)c(CC(O)C2CSCCO2)c1Br. The van der Waals surface area contributed by atoms with Gasteiger partial charge in [0.05, 0.1) is 34.7 Å². The Balaban J connectivity index is 2.06. The smallest absolute Gasteiger partial charge is 0.0928 e. The lowest BCUT2D eigenvalue weighted by Gasteiger charge is -2.26. The molecule has 1 aliphatic rings. The van der Waals surface area contributed by atoms with Crippen molar-refractivity contribution in [3.05, 3.63) is 15.9 Å². The van der Waals surface area contributed by atoms with Crippen LogP contribution in [-0.2, 0) is 24.6 Å². The van der Waals surface area contributed by atoms with Crippen molar-refractivity contribution in [2.75, 3.05) is 18.1 Å². The van der Waals surface area contributed by atoms with Crippen LogP contribution in [0.5, 0.6) is 0 Å². The summed E-state index contributed by atoms with van der Waals surface area (Å²) in [6.07, 6.45) is 0.945. The number of hydrogen-bond donors (Lipinski definition) is 1. The molecule has 1 aromatic heterocycles. The van der Waals surface area contributed by atoms with Gasteiger partial charge in [-0.3, -0.25) is 4.68 Å². The highest BCUT2D eigenvalue weighted by atomic mass is 79.9. The maximum Gasteiger partial charge on any atom is 0.0928 e. The van der Waals surface area contributed by atoms with Crippen molar-refractivity contribution in [2.45, 2.75) is 32.0 Å². The molecule has 1 fully saturated rings. The first-order valence-electron chi connectivity index (χ1n) is 6.21. The minimum atomic E-state index is -0.464. The number of nitrogens with zero attached hydrogens (tertiary/aromatic N) is 2. The third kappa shape index (κ3) is 3.10. The van der Waals surface area contributed by atoms with Crippen LogP contribution in [0.2, 0.25) is 0 Å². The number of aromatic nitrogens is 2. The van der Waals surface area contributed by atoms with E-state index >= 15 is 0 Å². The van der Waals surface area contributed by atoms with Crippen LogP contribution < -0.4 is 0 Å². The van der Waals surface area contributed by atoms with Crippen LogP contribution in [0.4, 0.5) is 0 Å². The minimum absolute atomic E-state index is 0.0596. The van der Waals surface area contributed by atoms with Gasteiger partial charge in [0.25, 0.3) is 0 Å². The molecular weight excluding hydrogens is 316 g/mol. The van der Waals surface area contributed by atoms with Gasteiger partial charge in [0, 0.05) is 25.0 Å². The number of hydrogen-bond acceptors (Lipinski definition) is 4. The summed E-state index contributed by atoms with van der Waals surface area (Å²) in [7, 11) is 1.92. The summed E-state index contributed by atoms with van der Waals surface area (Å²) >= 11 is 5.42. The first-order chi connectivity index (χ1) is 8.63. The summed E-state index contributed by atoms with van der Waals surface area (Å²) in [6, 6.07) is 0. The molecule has 0 amide bonds. The predicted octanol–water partition coefficient (Wildman–Crippen LogP) is 1.78. The van der Waals surface area contributed by atoms with E-state index in [1.54, 1.807) is 0 Å². The summed E-state index contributed by atoms with van der Waals surface area (Å²) < 4.78 is 8.48. The number of aliphatic hydroxyl groups excluding tert-OH is 1. The average molecular weight is 335 g/mol. The lowest BCUT2D eigenvalue weighted by atomic mass is 10.1. The van der Waals surface area contributed by atoms with E-state index < -0.39 is 6.10 Å². The van der Waals surface area contributed by atoms with Gasteiger partial charge in [-0.25, -0.2) is 0 Å². The summed E-state index contributed by atoms with van der Waals surface area (Å²) in [5, 5.41) is 14.7. The number of rotatable bonds is 4. The summed E-state index contributed by atoms with van der Waals surface area (Å²) in [5.41, 5.74) is 2.08. The second-order valence-electron chi connectivity index (χ2n) is 4.44. The van der Waals surface area contributed by atoms with Crippen molar-refractivity contribution in [1.82, 2.24) is 9.78 Å². The van der Waals surface area contributed by atoms with Crippen molar-refractivity contribution < 1.29 is 9.84 Å². The molecule has 0 radical (unpaired) electrons. The number of halogens is 1. The summed E-state index contributed by atoms with van der Waals surface area (Å²) in [4.78, 5) is 0. The van der Waals surface area contributed by atoms with E-state index in [0.29, 0.717) is 6.42 Å². The fourth-order valence-corrected chi connectivity index (χ4v) is 3.81. The van der Waals surface area contributed by atoms with Gasteiger partial charge in [-0.1, -0.05) is 6.92 Å². The zero-order valence-electron chi connectivity index (χ0n) is 10.7. The second kappa shape index (κ2) is 6.41. The molecule has 2 rings (SSSR count). The van der Waals surface area contributed by atoms with E-state index in [0.717, 1.165) is 40.4 Å². The Morgan fingerprint density at radius 3 is 3.00 bits per heavy atom. The van der Waals surface area contributed by atoms with E-state index in [2.05, 4.69) is 28.0 Å². The van der Waals surface area contributed by atoms with E-state index in [9.17, 15) is 5.11 Å². The molecule has 1 N–H and O–H groups in total. The Bertz CT molecular complexity index is 405. The second-order valence-corrected chi connectivity index (χ2v) is 6.38. The van der Waals surface area contributed by atoms with Gasteiger partial charge in [0.2, 0.25) is 0 Å². The lowest BCUT2D eigenvalue weighted by Crippen LogP contribution is -2.36. The van der Waals surface area contributed by atoms with Crippen LogP contribution in [-0.4, -0.2) is 45.2 Å². The van der Waals surface area contributed by atoms with E-state index in [4.69, 9.17) is 4.74 Å². The molecule has 18 heavy (non-hydrogen) atoms. The van der Waals surface area contributed by atoms with Gasteiger partial charge in [-0.05, 0) is 22.4 Å². The zero-order chi connectivity index (χ0) is 13.1. The Morgan fingerprint density at radius 2 is 2.44 bits per heavy atom.